The first-order valence-corrected chi connectivity index (χ1v) is 9.40. The van der Waals surface area contributed by atoms with E-state index >= 15 is 0 Å². The van der Waals surface area contributed by atoms with Crippen molar-refractivity contribution in [3.63, 3.8) is 0 Å². The third kappa shape index (κ3) is 3.60. The van der Waals surface area contributed by atoms with E-state index in [0.717, 1.165) is 0 Å². The van der Waals surface area contributed by atoms with Crippen LogP contribution in [0, 0.1) is 0 Å². The summed E-state index contributed by atoms with van der Waals surface area (Å²) in [5.41, 5.74) is 0.928. The first-order chi connectivity index (χ1) is 13.0. The second-order valence-electron chi connectivity index (χ2n) is 5.60. The zero-order chi connectivity index (χ0) is 19.0. The Hall–Kier alpha value is -2.67. The summed E-state index contributed by atoms with van der Waals surface area (Å²) in [6.45, 7) is 0. The molecule has 0 radical (unpaired) electrons. The van der Waals surface area contributed by atoms with Gasteiger partial charge in [0.2, 0.25) is 0 Å². The molecule has 0 saturated heterocycles. The minimum atomic E-state index is -0.705. The van der Waals surface area contributed by atoms with Gasteiger partial charge in [0.05, 0.1) is 10.7 Å². The highest BCUT2D eigenvalue weighted by atomic mass is 35.5. The van der Waals surface area contributed by atoms with E-state index in [1.807, 2.05) is 0 Å². The number of anilines is 1. The van der Waals surface area contributed by atoms with Crippen LogP contribution >= 0.6 is 34.5 Å². The van der Waals surface area contributed by atoms with E-state index in [2.05, 4.69) is 10.3 Å². The number of para-hydroxylation sites is 1. The predicted molar refractivity (Wildman–Crippen MR) is 108 cm³/mol. The largest absolute Gasteiger partial charge is 0.422 e. The summed E-state index contributed by atoms with van der Waals surface area (Å²) < 4.78 is 5.19. The lowest BCUT2D eigenvalue weighted by molar-refractivity contribution is 0.102. The van der Waals surface area contributed by atoms with Crippen LogP contribution in [0.15, 0.2) is 63.1 Å². The molecule has 4 aromatic rings. The van der Waals surface area contributed by atoms with Gasteiger partial charge in [0.1, 0.15) is 11.1 Å². The summed E-state index contributed by atoms with van der Waals surface area (Å²) in [5.74, 6) is -0.586. The standard InChI is InChI=1S/C19H10Cl2N2O3S/c20-11-5-6-12(14(21)8-11)15-9-27-19(22-15)23-17(24)13-7-10-3-1-2-4-16(10)26-18(13)25/h1-9H,(H,22,23,24). The van der Waals surface area contributed by atoms with Crippen LogP contribution in [-0.2, 0) is 0 Å². The predicted octanol–water partition coefficient (Wildman–Crippen LogP) is 5.48. The van der Waals surface area contributed by atoms with Crippen LogP contribution in [0.2, 0.25) is 10.0 Å². The molecule has 5 nitrogen and oxygen atoms in total. The van der Waals surface area contributed by atoms with Gasteiger partial charge >= 0.3 is 5.63 Å². The summed E-state index contributed by atoms with van der Waals surface area (Å²) in [4.78, 5) is 28.9. The van der Waals surface area contributed by atoms with Crippen molar-refractivity contribution in [3.05, 3.63) is 79.9 Å². The number of nitrogens with one attached hydrogen (secondary N) is 1. The van der Waals surface area contributed by atoms with Gasteiger partial charge in [-0.25, -0.2) is 9.78 Å². The molecule has 2 aromatic heterocycles. The lowest BCUT2D eigenvalue weighted by Crippen LogP contribution is -2.20. The Morgan fingerprint density at radius 1 is 1.11 bits per heavy atom. The molecular weight excluding hydrogens is 407 g/mol. The second kappa shape index (κ2) is 7.15. The van der Waals surface area contributed by atoms with Crippen LogP contribution < -0.4 is 10.9 Å². The maximum absolute atomic E-state index is 12.5. The molecule has 0 atom stereocenters. The van der Waals surface area contributed by atoms with Crippen molar-refractivity contribution in [2.24, 2.45) is 0 Å². The average Bonchev–Trinajstić information content (AvgIpc) is 3.09. The van der Waals surface area contributed by atoms with Gasteiger partial charge in [-0.2, -0.15) is 0 Å². The highest BCUT2D eigenvalue weighted by Gasteiger charge is 2.16. The number of hydrogen-bond acceptors (Lipinski definition) is 5. The zero-order valence-corrected chi connectivity index (χ0v) is 15.9. The number of carbonyl (C=O) groups excluding carboxylic acids is 1. The van der Waals surface area contributed by atoms with Crippen LogP contribution in [-0.4, -0.2) is 10.9 Å². The average molecular weight is 417 g/mol. The van der Waals surface area contributed by atoms with Crippen LogP contribution in [0.4, 0.5) is 5.13 Å². The van der Waals surface area contributed by atoms with Gasteiger partial charge in [0, 0.05) is 21.4 Å². The van der Waals surface area contributed by atoms with Crippen molar-refractivity contribution in [2.75, 3.05) is 5.32 Å². The summed E-state index contributed by atoms with van der Waals surface area (Å²) in [7, 11) is 0. The molecule has 0 unspecified atom stereocenters. The fourth-order valence-corrected chi connectivity index (χ4v) is 3.75. The molecule has 0 aliphatic heterocycles. The Bertz CT molecular complexity index is 1230. The lowest BCUT2D eigenvalue weighted by Gasteiger charge is -2.03. The zero-order valence-electron chi connectivity index (χ0n) is 13.5. The number of nitrogens with zero attached hydrogens (tertiary/aromatic N) is 1. The Morgan fingerprint density at radius 2 is 1.93 bits per heavy atom. The molecule has 134 valence electrons. The highest BCUT2D eigenvalue weighted by molar-refractivity contribution is 7.14. The van der Waals surface area contributed by atoms with E-state index in [1.165, 1.54) is 17.4 Å². The molecule has 27 heavy (non-hydrogen) atoms. The SMILES string of the molecule is O=C(Nc1nc(-c2ccc(Cl)cc2Cl)cs1)c1cc2ccccc2oc1=O. The number of fused-ring (bicyclic) bond motifs is 1. The lowest BCUT2D eigenvalue weighted by atomic mass is 10.2. The molecule has 2 heterocycles. The van der Waals surface area contributed by atoms with Crippen LogP contribution in [0.5, 0.6) is 0 Å². The number of thiazole rings is 1. The molecule has 2 aromatic carbocycles. The van der Waals surface area contributed by atoms with Crippen molar-refractivity contribution >= 4 is 56.5 Å². The maximum atomic E-state index is 12.5. The van der Waals surface area contributed by atoms with Gasteiger partial charge in [0.25, 0.3) is 5.91 Å². The summed E-state index contributed by atoms with van der Waals surface area (Å²) >= 11 is 13.3. The van der Waals surface area contributed by atoms with E-state index in [4.69, 9.17) is 27.6 Å². The Morgan fingerprint density at radius 3 is 2.74 bits per heavy atom. The van der Waals surface area contributed by atoms with Crippen molar-refractivity contribution < 1.29 is 9.21 Å². The van der Waals surface area contributed by atoms with Gasteiger partial charge < -0.3 is 4.42 Å². The Labute approximate surface area is 167 Å². The highest BCUT2D eigenvalue weighted by Crippen LogP contribution is 2.32. The molecule has 0 fully saturated rings. The van der Waals surface area contributed by atoms with E-state index in [0.29, 0.717) is 37.4 Å². The van der Waals surface area contributed by atoms with E-state index in [9.17, 15) is 9.59 Å². The van der Waals surface area contributed by atoms with Crippen molar-refractivity contribution in [1.29, 1.82) is 0 Å². The molecule has 0 spiro atoms. The quantitative estimate of drug-likeness (QED) is 0.449. The van der Waals surface area contributed by atoms with Gasteiger partial charge in [-0.15, -0.1) is 11.3 Å². The number of amides is 1. The van der Waals surface area contributed by atoms with Gasteiger partial charge in [-0.1, -0.05) is 41.4 Å². The van der Waals surface area contributed by atoms with Crippen LogP contribution in [0.25, 0.3) is 22.2 Å². The van der Waals surface area contributed by atoms with Crippen LogP contribution in [0.3, 0.4) is 0 Å². The van der Waals surface area contributed by atoms with Crippen molar-refractivity contribution in [3.8, 4) is 11.3 Å². The number of aromatic nitrogens is 1. The topological polar surface area (TPSA) is 72.2 Å². The summed E-state index contributed by atoms with van der Waals surface area (Å²) in [6, 6.07) is 13.6. The number of hydrogen-bond donors (Lipinski definition) is 1. The molecule has 0 aliphatic rings. The molecule has 1 amide bonds. The normalized spacial score (nSPS) is 10.9. The summed E-state index contributed by atoms with van der Waals surface area (Å²) in [5, 5.41) is 6.37. The minimum absolute atomic E-state index is 0.0880. The van der Waals surface area contributed by atoms with Crippen LogP contribution in [0.1, 0.15) is 10.4 Å². The van der Waals surface area contributed by atoms with Gasteiger partial charge in [-0.05, 0) is 30.3 Å². The molecule has 0 saturated carbocycles. The molecule has 4 rings (SSSR count). The third-order valence-electron chi connectivity index (χ3n) is 3.82. The van der Waals surface area contributed by atoms with E-state index in [1.54, 1.807) is 47.8 Å². The van der Waals surface area contributed by atoms with Crippen molar-refractivity contribution in [2.45, 2.75) is 0 Å². The smallest absolute Gasteiger partial charge is 0.349 e. The molecule has 8 heteroatoms. The molecular formula is C19H10Cl2N2O3S. The maximum Gasteiger partial charge on any atom is 0.349 e. The molecule has 0 aliphatic carbocycles. The number of carbonyl (C=O) groups is 1. The first-order valence-electron chi connectivity index (χ1n) is 7.76. The van der Waals surface area contributed by atoms with Crippen molar-refractivity contribution in [1.82, 2.24) is 4.98 Å². The number of benzene rings is 2. The summed E-state index contributed by atoms with van der Waals surface area (Å²) in [6.07, 6.45) is 0. The first kappa shape index (κ1) is 17.7. The number of halogens is 2. The molecule has 0 bridgehead atoms. The monoisotopic (exact) mass is 416 g/mol. The Balaban J connectivity index is 1.62. The fourth-order valence-electron chi connectivity index (χ4n) is 2.54. The van der Waals surface area contributed by atoms with E-state index < -0.39 is 11.5 Å². The van der Waals surface area contributed by atoms with Gasteiger partial charge in [0.15, 0.2) is 5.13 Å². The van der Waals surface area contributed by atoms with Gasteiger partial charge in [-0.3, -0.25) is 10.1 Å². The Kier molecular flexibility index (Phi) is 4.70. The third-order valence-corrected chi connectivity index (χ3v) is 5.12. The van der Waals surface area contributed by atoms with E-state index in [-0.39, 0.29) is 5.56 Å². The molecule has 1 N–H and O–H groups in total. The second-order valence-corrected chi connectivity index (χ2v) is 7.30. The fraction of sp³-hybridized carbons (Fsp3) is 0. The number of rotatable bonds is 3. The minimum Gasteiger partial charge on any atom is -0.422 e.